The molecule has 0 aliphatic heterocycles. The summed E-state index contributed by atoms with van der Waals surface area (Å²) in [5.74, 6) is 0.623. The summed E-state index contributed by atoms with van der Waals surface area (Å²) in [4.78, 5) is 10.8. The Balaban J connectivity index is 0.00000190. The lowest BCUT2D eigenvalue weighted by molar-refractivity contribution is 0.670. The van der Waals surface area contributed by atoms with Gasteiger partial charge in [-0.05, 0) is 50.9 Å². The monoisotopic (exact) mass is 743 g/mol. The van der Waals surface area contributed by atoms with E-state index in [0.717, 1.165) is 77.0 Å². The second kappa shape index (κ2) is 13.6. The van der Waals surface area contributed by atoms with Crippen LogP contribution in [0.1, 0.15) is 13.8 Å². The number of hydrogen-bond acceptors (Lipinski definition) is 3. The number of para-hydroxylation sites is 4. The van der Waals surface area contributed by atoms with Crippen molar-refractivity contribution in [1.82, 2.24) is 14.5 Å². The molecule has 4 nitrogen and oxygen atoms in total. The smallest absolute Gasteiger partial charge is 0.235 e. The maximum Gasteiger partial charge on any atom is 0.235 e. The third-order valence-corrected chi connectivity index (χ3v) is 11.4. The molecule has 0 saturated carbocycles. The largest absolute Gasteiger partial charge is 0.455 e. The molecule has 12 aromatic rings. The first-order valence-electron chi connectivity index (χ1n) is 20.0. The van der Waals surface area contributed by atoms with E-state index in [0.29, 0.717) is 5.95 Å². The van der Waals surface area contributed by atoms with Gasteiger partial charge in [-0.1, -0.05) is 184 Å². The SMILES string of the molecule is CC.c1ccc2c(-c3ccc(-c4nc(-n5c6ccccc6c6cccc(-c7cccc8c7oc7ccc9ccccc9c78)c65)nc5ccccc45)cc3)cccc2c1. The van der Waals surface area contributed by atoms with Crippen LogP contribution < -0.4 is 0 Å². The normalized spacial score (nSPS) is 11.6. The second-order valence-corrected chi connectivity index (χ2v) is 14.5. The summed E-state index contributed by atoms with van der Waals surface area (Å²) < 4.78 is 9.02. The number of aromatic nitrogens is 3. The van der Waals surface area contributed by atoms with Crippen LogP contribution in [0.25, 0.3) is 116 Å². The van der Waals surface area contributed by atoms with Crippen molar-refractivity contribution in [3.05, 3.63) is 188 Å². The molecule has 0 spiro atoms. The van der Waals surface area contributed by atoms with Crippen LogP contribution in [0.5, 0.6) is 0 Å². The Hall–Kier alpha value is -7.56. The molecule has 0 unspecified atom stereocenters. The Morgan fingerprint density at radius 3 is 1.83 bits per heavy atom. The van der Waals surface area contributed by atoms with Gasteiger partial charge < -0.3 is 4.42 Å². The van der Waals surface area contributed by atoms with Crippen molar-refractivity contribution in [2.45, 2.75) is 13.8 Å². The molecule has 9 aromatic carbocycles. The number of benzene rings is 9. The number of rotatable bonds is 4. The van der Waals surface area contributed by atoms with Crippen LogP contribution in [0.4, 0.5) is 0 Å². The number of fused-ring (bicyclic) bond motifs is 10. The molecule has 0 N–H and O–H groups in total. The fourth-order valence-electron chi connectivity index (χ4n) is 8.89. The Bertz CT molecular complexity index is 3530. The fraction of sp³-hybridized carbons (Fsp3) is 0.0370. The van der Waals surface area contributed by atoms with Gasteiger partial charge in [-0.3, -0.25) is 4.57 Å². The van der Waals surface area contributed by atoms with E-state index in [1.807, 2.05) is 13.8 Å². The standard InChI is InChI=1S/C52H31N3O.C2H6/c1-3-15-36-32(12-1)14-9-19-37(36)34-26-28-35(29-27-34)49-43-18-5-7-24-45(43)53-52(54-49)55-46-25-8-6-17-39(46)40-20-10-21-41(50(40)55)42-22-11-23-44-48-38-16-4-2-13-33(38)30-31-47(48)56-51(42)44;1-2/h1-31H;1-2H3. The van der Waals surface area contributed by atoms with Crippen LogP contribution >= 0.6 is 0 Å². The number of nitrogens with zero attached hydrogens (tertiary/aromatic N) is 3. The molecular weight excluding hydrogens is 707 g/mol. The van der Waals surface area contributed by atoms with Crippen LogP contribution in [0, 0.1) is 0 Å². The molecule has 0 saturated heterocycles. The van der Waals surface area contributed by atoms with Crippen LogP contribution in [0.15, 0.2) is 192 Å². The summed E-state index contributed by atoms with van der Waals surface area (Å²) in [7, 11) is 0. The molecule has 274 valence electrons. The lowest BCUT2D eigenvalue weighted by Gasteiger charge is -2.14. The quantitative estimate of drug-likeness (QED) is 0.180. The molecule has 0 amide bonds. The zero-order chi connectivity index (χ0) is 38.7. The van der Waals surface area contributed by atoms with Gasteiger partial charge in [0.05, 0.1) is 22.2 Å². The number of furan rings is 1. The van der Waals surface area contributed by atoms with Crippen molar-refractivity contribution in [2.75, 3.05) is 0 Å². The highest BCUT2D eigenvalue weighted by atomic mass is 16.3. The fourth-order valence-corrected chi connectivity index (χ4v) is 8.89. The van der Waals surface area contributed by atoms with Gasteiger partial charge in [0.25, 0.3) is 0 Å². The molecule has 0 fully saturated rings. The molecule has 0 aliphatic carbocycles. The van der Waals surface area contributed by atoms with Crippen molar-refractivity contribution in [2.24, 2.45) is 0 Å². The van der Waals surface area contributed by atoms with Crippen LogP contribution in [0.3, 0.4) is 0 Å². The lowest BCUT2D eigenvalue weighted by Crippen LogP contribution is -2.04. The summed E-state index contributed by atoms with van der Waals surface area (Å²) in [5, 5.41) is 10.4. The first-order chi connectivity index (χ1) is 28.8. The summed E-state index contributed by atoms with van der Waals surface area (Å²) in [5.41, 5.74) is 11.1. The lowest BCUT2D eigenvalue weighted by atomic mass is 9.96. The molecule has 58 heavy (non-hydrogen) atoms. The first-order valence-corrected chi connectivity index (χ1v) is 20.0. The topological polar surface area (TPSA) is 43.9 Å². The minimum absolute atomic E-state index is 0.623. The van der Waals surface area contributed by atoms with E-state index in [4.69, 9.17) is 14.4 Å². The van der Waals surface area contributed by atoms with Crippen LogP contribution in [-0.4, -0.2) is 14.5 Å². The van der Waals surface area contributed by atoms with Gasteiger partial charge in [-0.25, -0.2) is 9.97 Å². The van der Waals surface area contributed by atoms with E-state index >= 15 is 0 Å². The van der Waals surface area contributed by atoms with E-state index in [2.05, 4.69) is 193 Å². The van der Waals surface area contributed by atoms with E-state index in [1.165, 1.54) is 32.7 Å². The third kappa shape index (κ3) is 5.15. The summed E-state index contributed by atoms with van der Waals surface area (Å²) in [6.07, 6.45) is 0. The minimum Gasteiger partial charge on any atom is -0.455 e. The van der Waals surface area contributed by atoms with Crippen molar-refractivity contribution in [3.8, 4) is 39.5 Å². The predicted molar refractivity (Wildman–Crippen MR) is 244 cm³/mol. The molecule has 0 atom stereocenters. The van der Waals surface area contributed by atoms with Crippen LogP contribution in [0.2, 0.25) is 0 Å². The average Bonchev–Trinajstić information content (AvgIpc) is 3.86. The van der Waals surface area contributed by atoms with E-state index in [9.17, 15) is 0 Å². The summed E-state index contributed by atoms with van der Waals surface area (Å²) in [6.45, 7) is 4.00. The molecule has 3 heterocycles. The van der Waals surface area contributed by atoms with E-state index in [1.54, 1.807) is 0 Å². The van der Waals surface area contributed by atoms with Gasteiger partial charge in [-0.15, -0.1) is 0 Å². The molecule has 12 rings (SSSR count). The Kier molecular flexibility index (Phi) is 7.90. The van der Waals surface area contributed by atoms with Crippen molar-refractivity contribution in [1.29, 1.82) is 0 Å². The average molecular weight is 744 g/mol. The van der Waals surface area contributed by atoms with Gasteiger partial charge in [0.15, 0.2) is 0 Å². The van der Waals surface area contributed by atoms with Gasteiger partial charge in [0.1, 0.15) is 11.2 Å². The van der Waals surface area contributed by atoms with Crippen LogP contribution in [-0.2, 0) is 0 Å². The molecule has 0 bridgehead atoms. The molecule has 3 aromatic heterocycles. The number of hydrogen-bond donors (Lipinski definition) is 0. The summed E-state index contributed by atoms with van der Waals surface area (Å²) >= 11 is 0. The molecular formula is C54H37N3O. The molecule has 4 heteroatoms. The van der Waals surface area contributed by atoms with E-state index < -0.39 is 0 Å². The maximum absolute atomic E-state index is 6.77. The van der Waals surface area contributed by atoms with E-state index in [-0.39, 0.29) is 0 Å². The summed E-state index contributed by atoms with van der Waals surface area (Å²) in [6, 6.07) is 66.6. The second-order valence-electron chi connectivity index (χ2n) is 14.5. The molecule has 0 aliphatic rings. The zero-order valence-electron chi connectivity index (χ0n) is 32.1. The van der Waals surface area contributed by atoms with Gasteiger partial charge in [-0.2, -0.15) is 0 Å². The Labute approximate surface area is 335 Å². The highest BCUT2D eigenvalue weighted by Gasteiger charge is 2.22. The Morgan fingerprint density at radius 1 is 0.414 bits per heavy atom. The third-order valence-electron chi connectivity index (χ3n) is 11.4. The highest BCUT2D eigenvalue weighted by Crippen LogP contribution is 2.44. The maximum atomic E-state index is 6.77. The van der Waals surface area contributed by atoms with Gasteiger partial charge in [0, 0.05) is 43.6 Å². The van der Waals surface area contributed by atoms with Gasteiger partial charge in [0.2, 0.25) is 5.95 Å². The van der Waals surface area contributed by atoms with Crippen molar-refractivity contribution < 1.29 is 4.42 Å². The Morgan fingerprint density at radius 2 is 1.00 bits per heavy atom. The zero-order valence-corrected chi connectivity index (χ0v) is 32.1. The molecule has 0 radical (unpaired) electrons. The minimum atomic E-state index is 0.623. The van der Waals surface area contributed by atoms with Gasteiger partial charge >= 0.3 is 0 Å². The predicted octanol–water partition coefficient (Wildman–Crippen LogP) is 15.0. The highest BCUT2D eigenvalue weighted by molar-refractivity contribution is 6.22. The van der Waals surface area contributed by atoms with Crippen molar-refractivity contribution >= 4 is 76.2 Å². The first kappa shape index (κ1) is 33.8. The van der Waals surface area contributed by atoms with Crippen molar-refractivity contribution in [3.63, 3.8) is 0 Å².